The second-order valence-corrected chi connectivity index (χ2v) is 8.78. The van der Waals surface area contributed by atoms with Crippen LogP contribution in [0.1, 0.15) is 49.8 Å². The van der Waals surface area contributed by atoms with Crippen molar-refractivity contribution in [2.24, 2.45) is 0 Å². The van der Waals surface area contributed by atoms with Gasteiger partial charge in [0.05, 0.1) is 24.3 Å². The standard InChI is InChI=1S/C23H33N3O2/c1-16-12-17-19-15-28-23(2,3)14-18(19)22(24-4)25-20(17)13-21(16)27-11-7-10-26-8-5-6-9-26/h12-13H,5-11,14-15H2,1-4H3,(H,24,25). The number of pyridine rings is 1. The summed E-state index contributed by atoms with van der Waals surface area (Å²) in [6.45, 7) is 11.4. The Hall–Kier alpha value is -1.85. The molecule has 1 N–H and O–H groups in total. The van der Waals surface area contributed by atoms with Crippen LogP contribution in [0.5, 0.6) is 5.75 Å². The summed E-state index contributed by atoms with van der Waals surface area (Å²) >= 11 is 0. The molecule has 0 amide bonds. The maximum Gasteiger partial charge on any atom is 0.130 e. The smallest absolute Gasteiger partial charge is 0.130 e. The van der Waals surface area contributed by atoms with Gasteiger partial charge in [0.15, 0.2) is 0 Å². The Balaban J connectivity index is 1.56. The number of benzene rings is 1. The number of rotatable bonds is 6. The van der Waals surface area contributed by atoms with Crippen molar-refractivity contribution in [2.45, 2.75) is 58.7 Å². The van der Waals surface area contributed by atoms with Crippen molar-refractivity contribution in [3.8, 4) is 5.75 Å². The summed E-state index contributed by atoms with van der Waals surface area (Å²) < 4.78 is 12.2. The summed E-state index contributed by atoms with van der Waals surface area (Å²) in [5.74, 6) is 1.91. The van der Waals surface area contributed by atoms with Gasteiger partial charge in [0, 0.05) is 37.0 Å². The highest BCUT2D eigenvalue weighted by Crippen LogP contribution is 2.37. The molecule has 5 heteroatoms. The van der Waals surface area contributed by atoms with E-state index in [1.165, 1.54) is 48.0 Å². The van der Waals surface area contributed by atoms with Gasteiger partial charge in [-0.25, -0.2) is 4.98 Å². The Kier molecular flexibility index (Phi) is 5.48. The van der Waals surface area contributed by atoms with E-state index in [2.05, 4.69) is 43.1 Å². The lowest BCUT2D eigenvalue weighted by molar-refractivity contribution is -0.0392. The second-order valence-electron chi connectivity index (χ2n) is 8.78. The van der Waals surface area contributed by atoms with E-state index < -0.39 is 0 Å². The average Bonchev–Trinajstić information content (AvgIpc) is 3.18. The summed E-state index contributed by atoms with van der Waals surface area (Å²) in [6, 6.07) is 4.32. The van der Waals surface area contributed by atoms with Crippen molar-refractivity contribution in [1.82, 2.24) is 9.88 Å². The van der Waals surface area contributed by atoms with Gasteiger partial charge >= 0.3 is 0 Å². The lowest BCUT2D eigenvalue weighted by atomic mass is 9.89. The number of nitrogens with zero attached hydrogens (tertiary/aromatic N) is 2. The molecule has 0 spiro atoms. The van der Waals surface area contributed by atoms with E-state index in [4.69, 9.17) is 14.5 Å². The lowest BCUT2D eigenvalue weighted by Crippen LogP contribution is -2.32. The largest absolute Gasteiger partial charge is 0.493 e. The molecule has 2 aliphatic rings. The quantitative estimate of drug-likeness (QED) is 0.754. The molecule has 28 heavy (non-hydrogen) atoms. The van der Waals surface area contributed by atoms with Gasteiger partial charge in [-0.2, -0.15) is 0 Å². The van der Waals surface area contributed by atoms with Crippen molar-refractivity contribution in [1.29, 1.82) is 0 Å². The van der Waals surface area contributed by atoms with Gasteiger partial charge in [0.25, 0.3) is 0 Å². The van der Waals surface area contributed by atoms with E-state index in [-0.39, 0.29) is 5.60 Å². The summed E-state index contributed by atoms with van der Waals surface area (Å²) in [6.07, 6.45) is 4.62. The van der Waals surface area contributed by atoms with Gasteiger partial charge in [0.1, 0.15) is 11.6 Å². The number of ether oxygens (including phenoxy) is 2. The van der Waals surface area contributed by atoms with Gasteiger partial charge in [-0.1, -0.05) is 0 Å². The van der Waals surface area contributed by atoms with Crippen LogP contribution in [0.4, 0.5) is 5.82 Å². The van der Waals surface area contributed by atoms with E-state index in [0.717, 1.165) is 43.1 Å². The van der Waals surface area contributed by atoms with Crippen LogP contribution in [0.15, 0.2) is 12.1 Å². The third-order valence-electron chi connectivity index (χ3n) is 6.02. The molecule has 0 unspecified atom stereocenters. The minimum absolute atomic E-state index is 0.151. The molecule has 1 aromatic carbocycles. The first-order chi connectivity index (χ1) is 13.5. The summed E-state index contributed by atoms with van der Waals surface area (Å²) in [4.78, 5) is 7.44. The number of anilines is 1. The predicted molar refractivity (Wildman–Crippen MR) is 114 cm³/mol. The van der Waals surface area contributed by atoms with Crippen LogP contribution in [-0.2, 0) is 17.8 Å². The van der Waals surface area contributed by atoms with Crippen LogP contribution in [0.25, 0.3) is 10.9 Å². The van der Waals surface area contributed by atoms with Gasteiger partial charge in [0.2, 0.25) is 0 Å². The molecule has 0 radical (unpaired) electrons. The van der Waals surface area contributed by atoms with Gasteiger partial charge in [-0.05, 0) is 70.3 Å². The minimum Gasteiger partial charge on any atom is -0.493 e. The molecular formula is C23H33N3O2. The van der Waals surface area contributed by atoms with Crippen molar-refractivity contribution in [3.63, 3.8) is 0 Å². The summed E-state index contributed by atoms with van der Waals surface area (Å²) in [5, 5.41) is 4.48. The summed E-state index contributed by atoms with van der Waals surface area (Å²) in [5.41, 5.74) is 4.54. The Bertz CT molecular complexity index is 857. The zero-order chi connectivity index (χ0) is 19.7. The van der Waals surface area contributed by atoms with Gasteiger partial charge < -0.3 is 19.7 Å². The van der Waals surface area contributed by atoms with Crippen molar-refractivity contribution < 1.29 is 9.47 Å². The normalized spacial score (nSPS) is 19.0. The fraction of sp³-hybridized carbons (Fsp3) is 0.609. The van der Waals surface area contributed by atoms with Crippen molar-refractivity contribution in [2.75, 3.05) is 38.6 Å². The summed E-state index contributed by atoms with van der Waals surface area (Å²) in [7, 11) is 1.95. The third kappa shape index (κ3) is 3.96. The van der Waals surface area contributed by atoms with Crippen molar-refractivity contribution in [3.05, 3.63) is 28.8 Å². The monoisotopic (exact) mass is 383 g/mol. The highest BCUT2D eigenvalue weighted by Gasteiger charge is 2.30. The molecule has 0 atom stereocenters. The van der Waals surface area contributed by atoms with Gasteiger partial charge in [-0.3, -0.25) is 0 Å². The molecule has 1 fully saturated rings. The maximum absolute atomic E-state index is 6.14. The number of aromatic nitrogens is 1. The highest BCUT2D eigenvalue weighted by atomic mass is 16.5. The number of nitrogens with one attached hydrogen (secondary N) is 1. The molecule has 2 aliphatic heterocycles. The van der Waals surface area contributed by atoms with E-state index >= 15 is 0 Å². The molecule has 152 valence electrons. The second kappa shape index (κ2) is 7.88. The highest BCUT2D eigenvalue weighted by molar-refractivity contribution is 5.88. The number of hydrogen-bond acceptors (Lipinski definition) is 5. The molecule has 0 bridgehead atoms. The van der Waals surface area contributed by atoms with Crippen LogP contribution in [-0.4, -0.2) is 48.8 Å². The molecule has 5 nitrogen and oxygen atoms in total. The van der Waals surface area contributed by atoms with Crippen LogP contribution < -0.4 is 10.1 Å². The minimum atomic E-state index is -0.151. The Morgan fingerprint density at radius 1 is 1.21 bits per heavy atom. The third-order valence-corrected chi connectivity index (χ3v) is 6.02. The van der Waals surface area contributed by atoms with Crippen LogP contribution in [0.2, 0.25) is 0 Å². The van der Waals surface area contributed by atoms with E-state index in [9.17, 15) is 0 Å². The molecular weight excluding hydrogens is 350 g/mol. The number of hydrogen-bond donors (Lipinski definition) is 1. The lowest BCUT2D eigenvalue weighted by Gasteiger charge is -2.33. The van der Waals surface area contributed by atoms with Crippen LogP contribution in [0.3, 0.4) is 0 Å². The maximum atomic E-state index is 6.14. The molecule has 3 heterocycles. The van der Waals surface area contributed by atoms with E-state index in [0.29, 0.717) is 6.61 Å². The number of aryl methyl sites for hydroxylation is 1. The average molecular weight is 384 g/mol. The Morgan fingerprint density at radius 2 is 2.00 bits per heavy atom. The zero-order valence-electron chi connectivity index (χ0n) is 17.7. The van der Waals surface area contributed by atoms with Crippen LogP contribution in [0, 0.1) is 6.92 Å². The Morgan fingerprint density at radius 3 is 2.75 bits per heavy atom. The number of likely N-dealkylation sites (tertiary alicyclic amines) is 1. The topological polar surface area (TPSA) is 46.6 Å². The molecule has 1 aromatic heterocycles. The van der Waals surface area contributed by atoms with E-state index in [1.54, 1.807) is 0 Å². The molecule has 2 aromatic rings. The Labute approximate surface area is 168 Å². The first-order valence-corrected chi connectivity index (χ1v) is 10.6. The molecule has 0 aliphatic carbocycles. The van der Waals surface area contributed by atoms with E-state index in [1.807, 2.05) is 7.05 Å². The molecule has 4 rings (SSSR count). The number of fused-ring (bicyclic) bond motifs is 3. The van der Waals surface area contributed by atoms with Crippen molar-refractivity contribution >= 4 is 16.7 Å². The van der Waals surface area contributed by atoms with Gasteiger partial charge in [-0.15, -0.1) is 0 Å². The molecule has 0 saturated carbocycles. The molecule has 1 saturated heterocycles. The fourth-order valence-electron chi connectivity index (χ4n) is 4.44. The first-order valence-electron chi connectivity index (χ1n) is 10.6. The fourth-order valence-corrected chi connectivity index (χ4v) is 4.44. The predicted octanol–water partition coefficient (Wildman–Crippen LogP) is 4.30. The van der Waals surface area contributed by atoms with Crippen LogP contribution >= 0.6 is 0 Å². The SMILES string of the molecule is CNc1nc2cc(OCCCN3CCCC3)c(C)cc2c2c1CC(C)(C)OC2. The first kappa shape index (κ1) is 19.5. The zero-order valence-corrected chi connectivity index (χ0v) is 17.7.